The van der Waals surface area contributed by atoms with Crippen LogP contribution in [0.1, 0.15) is 12.0 Å². The van der Waals surface area contributed by atoms with Crippen molar-refractivity contribution >= 4 is 5.69 Å². The fourth-order valence-electron chi connectivity index (χ4n) is 1.52. The molecule has 0 radical (unpaired) electrons. The summed E-state index contributed by atoms with van der Waals surface area (Å²) in [6, 6.07) is 2.56. The maximum atomic E-state index is 5.28. The standard InChI is InChI=1S/C10H14N2O/c1-8-4-10(6-11-5-8)12-9-2-3-13-7-9/h4-6,9,12H,2-3,7H2,1H3. The van der Waals surface area contributed by atoms with Crippen LogP contribution in [0.5, 0.6) is 0 Å². The molecule has 70 valence electrons. The van der Waals surface area contributed by atoms with E-state index in [9.17, 15) is 0 Å². The first-order valence-corrected chi connectivity index (χ1v) is 4.60. The minimum atomic E-state index is 0.462. The second-order valence-electron chi connectivity index (χ2n) is 3.46. The summed E-state index contributed by atoms with van der Waals surface area (Å²) in [5.74, 6) is 0. The smallest absolute Gasteiger partial charge is 0.0668 e. The zero-order valence-corrected chi connectivity index (χ0v) is 7.79. The van der Waals surface area contributed by atoms with Crippen molar-refractivity contribution in [3.63, 3.8) is 0 Å². The lowest BCUT2D eigenvalue weighted by atomic mass is 10.2. The molecule has 2 heterocycles. The third-order valence-electron chi connectivity index (χ3n) is 2.18. The number of hydrogen-bond donors (Lipinski definition) is 1. The molecule has 1 saturated heterocycles. The van der Waals surface area contributed by atoms with Crippen molar-refractivity contribution < 1.29 is 4.74 Å². The van der Waals surface area contributed by atoms with Gasteiger partial charge in [-0.2, -0.15) is 0 Å². The molecule has 1 aromatic rings. The Bertz CT molecular complexity index is 282. The molecule has 1 aliphatic rings. The molecule has 2 rings (SSSR count). The van der Waals surface area contributed by atoms with Crippen LogP contribution >= 0.6 is 0 Å². The Morgan fingerprint density at radius 2 is 2.46 bits per heavy atom. The van der Waals surface area contributed by atoms with Crippen LogP contribution in [0, 0.1) is 6.92 Å². The lowest BCUT2D eigenvalue weighted by Gasteiger charge is -2.11. The first-order chi connectivity index (χ1) is 6.34. The summed E-state index contributed by atoms with van der Waals surface area (Å²) in [4.78, 5) is 4.12. The Kier molecular flexibility index (Phi) is 2.45. The maximum absolute atomic E-state index is 5.28. The molecular formula is C10H14N2O. The van der Waals surface area contributed by atoms with Crippen molar-refractivity contribution in [3.05, 3.63) is 24.0 Å². The predicted molar refractivity (Wildman–Crippen MR) is 51.8 cm³/mol. The van der Waals surface area contributed by atoms with Gasteiger partial charge in [-0.3, -0.25) is 4.98 Å². The summed E-state index contributed by atoms with van der Waals surface area (Å²) in [5.41, 5.74) is 2.28. The van der Waals surface area contributed by atoms with Gasteiger partial charge in [0, 0.05) is 19.0 Å². The molecule has 1 fully saturated rings. The van der Waals surface area contributed by atoms with Gasteiger partial charge in [0.15, 0.2) is 0 Å². The molecule has 0 bridgehead atoms. The SMILES string of the molecule is Cc1cncc(NC2CCOC2)c1. The van der Waals surface area contributed by atoms with Crippen LogP contribution in [0.3, 0.4) is 0 Å². The van der Waals surface area contributed by atoms with E-state index in [4.69, 9.17) is 4.74 Å². The minimum absolute atomic E-state index is 0.462. The minimum Gasteiger partial charge on any atom is -0.379 e. The summed E-state index contributed by atoms with van der Waals surface area (Å²) < 4.78 is 5.28. The van der Waals surface area contributed by atoms with Gasteiger partial charge in [0.1, 0.15) is 0 Å². The summed E-state index contributed by atoms with van der Waals surface area (Å²) in [6.07, 6.45) is 4.80. The molecule has 1 aliphatic heterocycles. The number of aromatic nitrogens is 1. The molecule has 3 nitrogen and oxygen atoms in total. The van der Waals surface area contributed by atoms with E-state index in [0.29, 0.717) is 6.04 Å². The number of pyridine rings is 1. The second kappa shape index (κ2) is 3.75. The Morgan fingerprint density at radius 1 is 1.54 bits per heavy atom. The highest BCUT2D eigenvalue weighted by Gasteiger charge is 2.14. The normalized spacial score (nSPS) is 21.8. The highest BCUT2D eigenvalue weighted by atomic mass is 16.5. The van der Waals surface area contributed by atoms with Gasteiger partial charge in [-0.15, -0.1) is 0 Å². The number of aryl methyl sites for hydroxylation is 1. The highest BCUT2D eigenvalue weighted by Crippen LogP contribution is 2.13. The van der Waals surface area contributed by atoms with E-state index in [1.807, 2.05) is 19.3 Å². The number of nitrogens with one attached hydrogen (secondary N) is 1. The molecule has 1 N–H and O–H groups in total. The van der Waals surface area contributed by atoms with Crippen LogP contribution in [-0.4, -0.2) is 24.2 Å². The summed E-state index contributed by atoms with van der Waals surface area (Å²) >= 11 is 0. The first-order valence-electron chi connectivity index (χ1n) is 4.60. The van der Waals surface area contributed by atoms with Gasteiger partial charge < -0.3 is 10.1 Å². The topological polar surface area (TPSA) is 34.2 Å². The number of hydrogen-bond acceptors (Lipinski definition) is 3. The molecule has 1 atom stereocenters. The van der Waals surface area contributed by atoms with E-state index in [2.05, 4.69) is 16.4 Å². The number of anilines is 1. The van der Waals surface area contributed by atoms with Crippen molar-refractivity contribution in [3.8, 4) is 0 Å². The number of ether oxygens (including phenoxy) is 1. The molecule has 0 amide bonds. The predicted octanol–water partition coefficient (Wildman–Crippen LogP) is 1.59. The van der Waals surface area contributed by atoms with E-state index in [-0.39, 0.29) is 0 Å². The zero-order valence-electron chi connectivity index (χ0n) is 7.79. The van der Waals surface area contributed by atoms with Gasteiger partial charge in [0.05, 0.1) is 18.3 Å². The van der Waals surface area contributed by atoms with Crippen molar-refractivity contribution in [1.82, 2.24) is 4.98 Å². The van der Waals surface area contributed by atoms with Gasteiger partial charge >= 0.3 is 0 Å². The van der Waals surface area contributed by atoms with Crippen LogP contribution in [0.25, 0.3) is 0 Å². The lowest BCUT2D eigenvalue weighted by Crippen LogP contribution is -2.18. The molecule has 1 aromatic heterocycles. The fraction of sp³-hybridized carbons (Fsp3) is 0.500. The van der Waals surface area contributed by atoms with Crippen molar-refractivity contribution in [2.24, 2.45) is 0 Å². The van der Waals surface area contributed by atoms with Crippen molar-refractivity contribution in [2.45, 2.75) is 19.4 Å². The Morgan fingerprint density at radius 3 is 3.15 bits per heavy atom. The van der Waals surface area contributed by atoms with Gasteiger partial charge in [-0.1, -0.05) is 0 Å². The second-order valence-corrected chi connectivity index (χ2v) is 3.46. The maximum Gasteiger partial charge on any atom is 0.0668 e. The summed E-state index contributed by atoms with van der Waals surface area (Å²) in [7, 11) is 0. The third-order valence-corrected chi connectivity index (χ3v) is 2.18. The Balaban J connectivity index is 2.00. The van der Waals surface area contributed by atoms with Crippen molar-refractivity contribution in [1.29, 1.82) is 0 Å². The van der Waals surface area contributed by atoms with Crippen LogP contribution in [0.15, 0.2) is 18.5 Å². The fourth-order valence-corrected chi connectivity index (χ4v) is 1.52. The molecule has 3 heteroatoms. The number of nitrogens with zero attached hydrogens (tertiary/aromatic N) is 1. The zero-order chi connectivity index (χ0) is 9.10. The van der Waals surface area contributed by atoms with Gasteiger partial charge in [-0.25, -0.2) is 0 Å². The molecule has 13 heavy (non-hydrogen) atoms. The van der Waals surface area contributed by atoms with Crippen LogP contribution < -0.4 is 5.32 Å². The summed E-state index contributed by atoms with van der Waals surface area (Å²) in [5, 5.41) is 3.39. The van der Waals surface area contributed by atoms with Gasteiger partial charge in [-0.05, 0) is 25.0 Å². The molecule has 0 saturated carbocycles. The van der Waals surface area contributed by atoms with Crippen LogP contribution in [-0.2, 0) is 4.74 Å². The van der Waals surface area contributed by atoms with E-state index in [1.54, 1.807) is 0 Å². The van der Waals surface area contributed by atoms with Crippen LogP contribution in [0.4, 0.5) is 5.69 Å². The molecule has 0 aromatic carbocycles. The van der Waals surface area contributed by atoms with E-state index in [1.165, 1.54) is 5.56 Å². The average molecular weight is 178 g/mol. The summed E-state index contributed by atoms with van der Waals surface area (Å²) in [6.45, 7) is 3.73. The van der Waals surface area contributed by atoms with E-state index in [0.717, 1.165) is 25.3 Å². The first kappa shape index (κ1) is 8.51. The molecular weight excluding hydrogens is 164 g/mol. The third kappa shape index (κ3) is 2.18. The number of rotatable bonds is 2. The Labute approximate surface area is 78.1 Å². The molecule has 1 unspecified atom stereocenters. The van der Waals surface area contributed by atoms with E-state index >= 15 is 0 Å². The Hall–Kier alpha value is -1.09. The monoisotopic (exact) mass is 178 g/mol. The molecule has 0 aliphatic carbocycles. The largest absolute Gasteiger partial charge is 0.379 e. The quantitative estimate of drug-likeness (QED) is 0.746. The highest BCUT2D eigenvalue weighted by molar-refractivity contribution is 5.43. The van der Waals surface area contributed by atoms with Crippen molar-refractivity contribution in [2.75, 3.05) is 18.5 Å². The molecule has 0 spiro atoms. The van der Waals surface area contributed by atoms with Crippen LogP contribution in [0.2, 0.25) is 0 Å². The van der Waals surface area contributed by atoms with Gasteiger partial charge in [0.2, 0.25) is 0 Å². The van der Waals surface area contributed by atoms with E-state index < -0.39 is 0 Å². The lowest BCUT2D eigenvalue weighted by molar-refractivity contribution is 0.195. The average Bonchev–Trinajstić information content (AvgIpc) is 2.57. The van der Waals surface area contributed by atoms with Gasteiger partial charge in [0.25, 0.3) is 0 Å².